The average molecular weight is 281 g/mol. The topological polar surface area (TPSA) is 44.3 Å². The summed E-state index contributed by atoms with van der Waals surface area (Å²) in [7, 11) is 0. The predicted octanol–water partition coefficient (Wildman–Crippen LogP) is 1.59. The molecule has 1 aromatic carbocycles. The van der Waals surface area contributed by atoms with Gasteiger partial charge in [0.25, 0.3) is 0 Å². The van der Waals surface area contributed by atoms with E-state index in [2.05, 4.69) is 22.8 Å². The highest BCUT2D eigenvalue weighted by Crippen LogP contribution is 1.96. The van der Waals surface area contributed by atoms with E-state index in [1.54, 1.807) is 0 Å². The summed E-state index contributed by atoms with van der Waals surface area (Å²) in [4.78, 5) is 0. The van der Waals surface area contributed by atoms with Crippen molar-refractivity contribution in [2.75, 3.05) is 19.6 Å². The standard InChI is InChI=1S/C12H20N2O.2ClH/c1-2-13-9-12(15)10-14-8-11-6-4-3-5-7-11;;/h3-7,12-15H,2,8-10H2,1H3;2*1H. The van der Waals surface area contributed by atoms with E-state index < -0.39 is 0 Å². The number of hydrogen-bond donors (Lipinski definition) is 3. The van der Waals surface area contributed by atoms with E-state index in [0.717, 1.165) is 13.1 Å². The molecule has 3 nitrogen and oxygen atoms in total. The molecule has 3 N–H and O–H groups in total. The largest absolute Gasteiger partial charge is 0.390 e. The van der Waals surface area contributed by atoms with Crippen molar-refractivity contribution in [3.05, 3.63) is 35.9 Å². The Morgan fingerprint density at radius 1 is 1.06 bits per heavy atom. The van der Waals surface area contributed by atoms with E-state index in [0.29, 0.717) is 13.1 Å². The predicted molar refractivity (Wildman–Crippen MR) is 77.2 cm³/mol. The summed E-state index contributed by atoms with van der Waals surface area (Å²) in [6.45, 7) is 5.02. The lowest BCUT2D eigenvalue weighted by molar-refractivity contribution is 0.169. The Bertz CT molecular complexity index is 260. The van der Waals surface area contributed by atoms with Gasteiger partial charge in [-0.25, -0.2) is 0 Å². The molecule has 1 atom stereocenters. The second-order valence-corrected chi connectivity index (χ2v) is 3.58. The SMILES string of the molecule is CCNCC(O)CNCc1ccccc1.Cl.Cl. The lowest BCUT2D eigenvalue weighted by Crippen LogP contribution is -2.35. The van der Waals surface area contributed by atoms with Crippen LogP contribution in [0.15, 0.2) is 30.3 Å². The minimum atomic E-state index is -0.311. The molecule has 1 aromatic rings. The summed E-state index contributed by atoms with van der Waals surface area (Å²) in [5.41, 5.74) is 1.24. The number of rotatable bonds is 7. The van der Waals surface area contributed by atoms with Crippen LogP contribution in [-0.4, -0.2) is 30.8 Å². The van der Waals surface area contributed by atoms with E-state index in [9.17, 15) is 5.11 Å². The minimum absolute atomic E-state index is 0. The van der Waals surface area contributed by atoms with Crippen LogP contribution >= 0.6 is 24.8 Å². The number of halogens is 2. The zero-order valence-corrected chi connectivity index (χ0v) is 11.7. The van der Waals surface area contributed by atoms with Crippen LogP contribution < -0.4 is 10.6 Å². The Labute approximate surface area is 116 Å². The van der Waals surface area contributed by atoms with Gasteiger partial charge in [0.15, 0.2) is 0 Å². The van der Waals surface area contributed by atoms with E-state index in [4.69, 9.17) is 0 Å². The van der Waals surface area contributed by atoms with Gasteiger partial charge in [-0.05, 0) is 12.1 Å². The van der Waals surface area contributed by atoms with Gasteiger partial charge in [-0.2, -0.15) is 0 Å². The van der Waals surface area contributed by atoms with Crippen molar-refractivity contribution in [2.24, 2.45) is 0 Å². The van der Waals surface area contributed by atoms with Gasteiger partial charge >= 0.3 is 0 Å². The van der Waals surface area contributed by atoms with Gasteiger partial charge in [0, 0.05) is 19.6 Å². The number of likely N-dealkylation sites (N-methyl/N-ethyl adjacent to an activating group) is 1. The number of aliphatic hydroxyl groups is 1. The Morgan fingerprint density at radius 2 is 1.65 bits per heavy atom. The summed E-state index contributed by atoms with van der Waals surface area (Å²) >= 11 is 0. The molecule has 1 rings (SSSR count). The fourth-order valence-electron chi connectivity index (χ4n) is 1.36. The Balaban J connectivity index is 0. The molecular formula is C12H22Cl2N2O. The Hall–Kier alpha value is -0.320. The van der Waals surface area contributed by atoms with Gasteiger partial charge in [0.2, 0.25) is 0 Å². The molecule has 0 aliphatic heterocycles. The van der Waals surface area contributed by atoms with Gasteiger partial charge in [0.1, 0.15) is 0 Å². The number of nitrogens with one attached hydrogen (secondary N) is 2. The smallest absolute Gasteiger partial charge is 0.0788 e. The van der Waals surface area contributed by atoms with Crippen molar-refractivity contribution in [1.82, 2.24) is 10.6 Å². The zero-order valence-electron chi connectivity index (χ0n) is 10.1. The number of aliphatic hydroxyl groups excluding tert-OH is 1. The lowest BCUT2D eigenvalue weighted by Gasteiger charge is -2.11. The summed E-state index contributed by atoms with van der Waals surface area (Å²) < 4.78 is 0. The van der Waals surface area contributed by atoms with E-state index in [1.807, 2.05) is 25.1 Å². The molecule has 5 heteroatoms. The normalized spacial score (nSPS) is 11.2. The van der Waals surface area contributed by atoms with Gasteiger partial charge in [0.05, 0.1) is 6.10 Å². The van der Waals surface area contributed by atoms with Crippen LogP contribution in [0, 0.1) is 0 Å². The highest BCUT2D eigenvalue weighted by Gasteiger charge is 2.01. The number of hydrogen-bond acceptors (Lipinski definition) is 3. The third kappa shape index (κ3) is 9.39. The van der Waals surface area contributed by atoms with Crippen LogP contribution in [0.1, 0.15) is 12.5 Å². The lowest BCUT2D eigenvalue weighted by atomic mass is 10.2. The van der Waals surface area contributed by atoms with Crippen molar-refractivity contribution in [2.45, 2.75) is 19.6 Å². The fourth-order valence-corrected chi connectivity index (χ4v) is 1.36. The summed E-state index contributed by atoms with van der Waals surface area (Å²) in [5, 5.41) is 15.9. The Kier molecular flexibility index (Phi) is 13.6. The third-order valence-electron chi connectivity index (χ3n) is 2.18. The van der Waals surface area contributed by atoms with E-state index in [-0.39, 0.29) is 30.9 Å². The molecule has 0 amide bonds. The molecule has 0 saturated heterocycles. The summed E-state index contributed by atoms with van der Waals surface area (Å²) in [6, 6.07) is 10.2. The maximum absolute atomic E-state index is 9.53. The van der Waals surface area contributed by atoms with Crippen molar-refractivity contribution in [3.8, 4) is 0 Å². The molecule has 100 valence electrons. The first-order valence-electron chi connectivity index (χ1n) is 5.46. The molecule has 0 spiro atoms. The second kappa shape index (κ2) is 12.1. The second-order valence-electron chi connectivity index (χ2n) is 3.58. The quantitative estimate of drug-likeness (QED) is 0.711. The first kappa shape index (κ1) is 19.0. The van der Waals surface area contributed by atoms with E-state index >= 15 is 0 Å². The maximum atomic E-state index is 9.53. The molecular weight excluding hydrogens is 259 g/mol. The molecule has 0 aliphatic rings. The van der Waals surface area contributed by atoms with Crippen LogP contribution in [0.25, 0.3) is 0 Å². The van der Waals surface area contributed by atoms with Gasteiger partial charge < -0.3 is 15.7 Å². The molecule has 0 aromatic heterocycles. The minimum Gasteiger partial charge on any atom is -0.390 e. The Morgan fingerprint density at radius 3 is 2.24 bits per heavy atom. The first-order valence-corrected chi connectivity index (χ1v) is 5.46. The molecule has 0 fully saturated rings. The van der Waals surface area contributed by atoms with Crippen molar-refractivity contribution >= 4 is 24.8 Å². The molecule has 0 aliphatic carbocycles. The summed E-state index contributed by atoms with van der Waals surface area (Å²) in [6.07, 6.45) is -0.311. The zero-order chi connectivity index (χ0) is 10.9. The van der Waals surface area contributed by atoms with Crippen LogP contribution in [0.5, 0.6) is 0 Å². The van der Waals surface area contributed by atoms with Crippen molar-refractivity contribution in [3.63, 3.8) is 0 Å². The third-order valence-corrected chi connectivity index (χ3v) is 2.18. The van der Waals surface area contributed by atoms with Gasteiger partial charge in [-0.1, -0.05) is 37.3 Å². The van der Waals surface area contributed by atoms with Gasteiger partial charge in [-0.15, -0.1) is 24.8 Å². The summed E-state index contributed by atoms with van der Waals surface area (Å²) in [5.74, 6) is 0. The van der Waals surface area contributed by atoms with E-state index in [1.165, 1.54) is 5.56 Å². The molecule has 1 unspecified atom stereocenters. The van der Waals surface area contributed by atoms with Crippen LogP contribution in [0.2, 0.25) is 0 Å². The highest BCUT2D eigenvalue weighted by atomic mass is 35.5. The number of benzene rings is 1. The van der Waals surface area contributed by atoms with Gasteiger partial charge in [-0.3, -0.25) is 0 Å². The molecule has 0 heterocycles. The average Bonchev–Trinajstić information content (AvgIpc) is 2.28. The maximum Gasteiger partial charge on any atom is 0.0788 e. The van der Waals surface area contributed by atoms with Crippen LogP contribution in [0.4, 0.5) is 0 Å². The molecule has 0 saturated carbocycles. The molecule has 0 radical (unpaired) electrons. The molecule has 17 heavy (non-hydrogen) atoms. The monoisotopic (exact) mass is 280 g/mol. The van der Waals surface area contributed by atoms with Crippen molar-refractivity contribution in [1.29, 1.82) is 0 Å². The molecule has 0 bridgehead atoms. The highest BCUT2D eigenvalue weighted by molar-refractivity contribution is 5.85. The fraction of sp³-hybridized carbons (Fsp3) is 0.500. The first-order chi connectivity index (χ1) is 7.33. The van der Waals surface area contributed by atoms with Crippen LogP contribution in [0.3, 0.4) is 0 Å². The van der Waals surface area contributed by atoms with Crippen molar-refractivity contribution < 1.29 is 5.11 Å². The van der Waals surface area contributed by atoms with Crippen LogP contribution in [-0.2, 0) is 6.54 Å².